The number of hydrogen-bond donors (Lipinski definition) is 2. The Bertz CT molecular complexity index is 1620. The number of nitrogens with one attached hydrogen (secondary N) is 1. The summed E-state index contributed by atoms with van der Waals surface area (Å²) in [6.07, 6.45) is 6.92. The maximum Gasteiger partial charge on any atom is 0.254 e. The Balaban J connectivity index is 1.03. The molecule has 5 aliphatic heterocycles. The molecule has 0 spiro atoms. The Morgan fingerprint density at radius 3 is 2.30 bits per heavy atom. The van der Waals surface area contributed by atoms with Gasteiger partial charge in [-0.3, -0.25) is 0 Å². The first kappa shape index (κ1) is 26.4. The van der Waals surface area contributed by atoms with Crippen LogP contribution in [0.4, 0.5) is 33.3 Å². The van der Waals surface area contributed by atoms with Gasteiger partial charge in [0.05, 0.1) is 22.8 Å². The van der Waals surface area contributed by atoms with E-state index in [4.69, 9.17) is 15.7 Å². The lowest BCUT2D eigenvalue weighted by molar-refractivity contribution is 0.207. The van der Waals surface area contributed by atoms with E-state index >= 15 is 4.39 Å². The van der Waals surface area contributed by atoms with Gasteiger partial charge in [-0.05, 0) is 69.8 Å². The molecule has 3 fully saturated rings. The molecule has 4 aromatic rings. The molecule has 11 heteroatoms. The first-order valence-electron chi connectivity index (χ1n) is 15.6. The van der Waals surface area contributed by atoms with Gasteiger partial charge in [0.1, 0.15) is 5.82 Å². The standard InChI is InChI=1S/C32H37FN10/c33-25-20-23(8-9-26(25)41-18-12-24(13-19-41)40-14-4-5-15-40)35-31-38-30(34)43(39-31)32-36-27(21-6-2-1-3-7-21)29-28(37-32)22-10-16-42(29)17-11-22/h1-3,6-9,20,22,24H,4-5,10-19H2,(H3,34,35,38,39). The molecular weight excluding hydrogens is 543 g/mol. The molecule has 10 nitrogen and oxygen atoms in total. The second-order valence-corrected chi connectivity index (χ2v) is 12.2. The van der Waals surface area contributed by atoms with Gasteiger partial charge in [-0.25, -0.2) is 14.4 Å². The van der Waals surface area contributed by atoms with Gasteiger partial charge < -0.3 is 25.8 Å². The number of nitrogen functional groups attached to an aromatic ring is 1. The van der Waals surface area contributed by atoms with Crippen molar-refractivity contribution in [3.8, 4) is 17.2 Å². The van der Waals surface area contributed by atoms with Crippen LogP contribution in [0.15, 0.2) is 48.5 Å². The Hall–Kier alpha value is -4.25. The minimum Gasteiger partial charge on any atom is -0.369 e. The van der Waals surface area contributed by atoms with Crippen LogP contribution in [0.3, 0.4) is 0 Å². The summed E-state index contributed by atoms with van der Waals surface area (Å²) in [5, 5.41) is 7.74. The molecule has 0 unspecified atom stereocenters. The Morgan fingerprint density at radius 2 is 1.56 bits per heavy atom. The molecule has 2 aromatic carbocycles. The SMILES string of the molecule is Nc1nc(Nc2ccc(N3CCC(N4CCCC4)CC3)c(F)c2)nn1-c1nc(-c2ccccc2)c2c(n1)C1CCN2CC1. The summed E-state index contributed by atoms with van der Waals surface area (Å²) < 4.78 is 16.8. The van der Waals surface area contributed by atoms with Gasteiger partial charge in [0.2, 0.25) is 11.9 Å². The highest BCUT2D eigenvalue weighted by Crippen LogP contribution is 2.45. The van der Waals surface area contributed by atoms with Crippen LogP contribution in [-0.2, 0) is 0 Å². The molecule has 0 atom stereocenters. The topological polar surface area (TPSA) is 104 Å². The number of halogens is 1. The highest BCUT2D eigenvalue weighted by Gasteiger charge is 2.36. The number of likely N-dealkylation sites (tertiary alicyclic amines) is 1. The summed E-state index contributed by atoms with van der Waals surface area (Å²) in [5.74, 6) is 0.958. The molecule has 7 heterocycles. The molecule has 0 saturated carbocycles. The first-order chi connectivity index (χ1) is 21.1. The largest absolute Gasteiger partial charge is 0.369 e. The molecule has 3 N–H and O–H groups in total. The second-order valence-electron chi connectivity index (χ2n) is 12.2. The fourth-order valence-corrected chi connectivity index (χ4v) is 7.40. The quantitative estimate of drug-likeness (QED) is 0.328. The molecule has 9 rings (SSSR count). The van der Waals surface area contributed by atoms with Crippen molar-refractivity contribution in [2.45, 2.75) is 50.5 Å². The van der Waals surface area contributed by atoms with Gasteiger partial charge in [-0.2, -0.15) is 9.67 Å². The highest BCUT2D eigenvalue weighted by molar-refractivity contribution is 5.79. The van der Waals surface area contributed by atoms with E-state index in [0.717, 1.165) is 74.5 Å². The predicted octanol–water partition coefficient (Wildman–Crippen LogP) is 4.95. The Labute approximate surface area is 250 Å². The number of fused-ring (bicyclic) bond motifs is 2. The molecule has 2 bridgehead atoms. The van der Waals surface area contributed by atoms with Crippen molar-refractivity contribution in [3.05, 3.63) is 60.0 Å². The summed E-state index contributed by atoms with van der Waals surface area (Å²) in [7, 11) is 0. The molecule has 222 valence electrons. The smallest absolute Gasteiger partial charge is 0.254 e. The van der Waals surface area contributed by atoms with Gasteiger partial charge in [-0.1, -0.05) is 30.3 Å². The number of nitrogens with zero attached hydrogens (tertiary/aromatic N) is 8. The van der Waals surface area contributed by atoms with E-state index in [2.05, 4.69) is 42.2 Å². The number of nitrogens with two attached hydrogens (primary N) is 1. The summed E-state index contributed by atoms with van der Waals surface area (Å²) in [6.45, 7) is 6.20. The third kappa shape index (κ3) is 4.85. The van der Waals surface area contributed by atoms with Gasteiger partial charge in [0.25, 0.3) is 5.95 Å². The van der Waals surface area contributed by atoms with E-state index in [1.54, 1.807) is 0 Å². The third-order valence-electron chi connectivity index (χ3n) is 9.63. The van der Waals surface area contributed by atoms with Crippen LogP contribution in [0.1, 0.15) is 50.1 Å². The van der Waals surface area contributed by atoms with Crippen molar-refractivity contribution < 1.29 is 4.39 Å². The lowest BCUT2D eigenvalue weighted by atomic mass is 9.85. The van der Waals surface area contributed by atoms with Crippen LogP contribution in [-0.4, -0.2) is 74.9 Å². The summed E-state index contributed by atoms with van der Waals surface area (Å²) >= 11 is 0. The van der Waals surface area contributed by atoms with Gasteiger partial charge in [0, 0.05) is 49.4 Å². The van der Waals surface area contributed by atoms with Crippen molar-refractivity contribution in [1.29, 1.82) is 0 Å². The van der Waals surface area contributed by atoms with Crippen LogP contribution < -0.4 is 20.9 Å². The van der Waals surface area contributed by atoms with Crippen LogP contribution in [0.25, 0.3) is 17.2 Å². The molecule has 0 radical (unpaired) electrons. The monoisotopic (exact) mass is 580 g/mol. The van der Waals surface area contributed by atoms with Crippen molar-refractivity contribution in [2.24, 2.45) is 0 Å². The van der Waals surface area contributed by atoms with E-state index in [-0.39, 0.29) is 17.7 Å². The molecule has 0 aliphatic carbocycles. The van der Waals surface area contributed by atoms with Crippen LogP contribution in [0.2, 0.25) is 0 Å². The summed E-state index contributed by atoms with van der Waals surface area (Å²) in [6, 6.07) is 16.0. The molecule has 0 amide bonds. The molecule has 43 heavy (non-hydrogen) atoms. The zero-order valence-corrected chi connectivity index (χ0v) is 24.3. The lowest BCUT2D eigenvalue weighted by Crippen LogP contribution is -2.44. The molecule has 5 aliphatic rings. The van der Waals surface area contributed by atoms with Crippen LogP contribution >= 0.6 is 0 Å². The van der Waals surface area contributed by atoms with Crippen LogP contribution in [0, 0.1) is 5.82 Å². The van der Waals surface area contributed by atoms with E-state index in [9.17, 15) is 0 Å². The summed E-state index contributed by atoms with van der Waals surface area (Å²) in [5.41, 5.74) is 11.6. The number of anilines is 5. The van der Waals surface area contributed by atoms with Crippen molar-refractivity contribution in [1.82, 2.24) is 29.6 Å². The first-order valence-corrected chi connectivity index (χ1v) is 15.6. The molecule has 2 aromatic heterocycles. The van der Waals surface area contributed by atoms with E-state index < -0.39 is 0 Å². The highest BCUT2D eigenvalue weighted by atomic mass is 19.1. The van der Waals surface area contributed by atoms with E-state index in [1.807, 2.05) is 30.3 Å². The Kier molecular flexibility index (Phi) is 6.62. The maximum atomic E-state index is 15.3. The van der Waals surface area contributed by atoms with Crippen molar-refractivity contribution >= 4 is 29.0 Å². The van der Waals surface area contributed by atoms with E-state index in [0.29, 0.717) is 29.3 Å². The number of benzene rings is 2. The zero-order chi connectivity index (χ0) is 28.9. The normalized spacial score (nSPS) is 19.3. The fourth-order valence-electron chi connectivity index (χ4n) is 7.40. The zero-order valence-electron chi connectivity index (χ0n) is 24.3. The fraction of sp³-hybridized carbons (Fsp3) is 0.438. The summed E-state index contributed by atoms with van der Waals surface area (Å²) in [4.78, 5) is 21.5. The minimum atomic E-state index is -0.257. The number of hydrogen-bond acceptors (Lipinski definition) is 9. The van der Waals surface area contributed by atoms with Crippen LogP contribution in [0.5, 0.6) is 0 Å². The Morgan fingerprint density at radius 1 is 0.814 bits per heavy atom. The molecule has 3 saturated heterocycles. The van der Waals surface area contributed by atoms with Gasteiger partial charge >= 0.3 is 0 Å². The number of piperidine rings is 2. The maximum absolute atomic E-state index is 15.3. The van der Waals surface area contributed by atoms with Gasteiger partial charge in [0.15, 0.2) is 0 Å². The number of rotatable bonds is 6. The number of aromatic nitrogens is 5. The average Bonchev–Trinajstić information content (AvgIpc) is 3.72. The van der Waals surface area contributed by atoms with Crippen molar-refractivity contribution in [3.63, 3.8) is 0 Å². The third-order valence-corrected chi connectivity index (χ3v) is 9.63. The average molecular weight is 581 g/mol. The van der Waals surface area contributed by atoms with Crippen molar-refractivity contribution in [2.75, 3.05) is 60.1 Å². The molecular formula is C32H37FN10. The second kappa shape index (κ2) is 10.8. The predicted molar refractivity (Wildman–Crippen MR) is 167 cm³/mol. The minimum absolute atomic E-state index is 0.167. The van der Waals surface area contributed by atoms with Gasteiger partial charge in [-0.15, -0.1) is 5.10 Å². The van der Waals surface area contributed by atoms with E-state index in [1.165, 1.54) is 36.7 Å². The lowest BCUT2D eigenvalue weighted by Gasteiger charge is -2.42.